The molecule has 2 heterocycles. The van der Waals surface area contributed by atoms with E-state index in [2.05, 4.69) is 15.0 Å². The number of nitrogens with zero attached hydrogens (tertiary/aromatic N) is 1. The van der Waals surface area contributed by atoms with E-state index in [4.69, 9.17) is 0 Å². The minimum absolute atomic E-state index is 0.254. The Morgan fingerprint density at radius 2 is 2.14 bits per heavy atom. The van der Waals surface area contributed by atoms with Crippen LogP contribution in [0, 0.1) is 0 Å². The molecule has 1 saturated carbocycles. The molecule has 0 radical (unpaired) electrons. The van der Waals surface area contributed by atoms with E-state index in [1.54, 1.807) is 24.5 Å². The molecule has 0 atom stereocenters. The highest BCUT2D eigenvalue weighted by atomic mass is 32.2. The number of hydrogen-bond acceptors (Lipinski definition) is 5. The number of aromatic nitrogens is 1. The van der Waals surface area contributed by atoms with Crippen LogP contribution in [0.15, 0.2) is 40.2 Å². The molecular weight excluding hydrogens is 306 g/mol. The molecule has 2 N–H and O–H groups in total. The van der Waals surface area contributed by atoms with E-state index in [1.807, 2.05) is 11.4 Å². The summed E-state index contributed by atoms with van der Waals surface area (Å²) in [6.07, 6.45) is 5.77. The summed E-state index contributed by atoms with van der Waals surface area (Å²) in [5.41, 5.74) is 1.86. The number of sulfonamides is 1. The van der Waals surface area contributed by atoms with E-state index in [1.165, 1.54) is 24.2 Å². The van der Waals surface area contributed by atoms with Crippen LogP contribution in [0.5, 0.6) is 0 Å². The van der Waals surface area contributed by atoms with Gasteiger partial charge in [-0.3, -0.25) is 4.98 Å². The van der Waals surface area contributed by atoms with Gasteiger partial charge in [0.05, 0.1) is 0 Å². The quantitative estimate of drug-likeness (QED) is 0.816. The summed E-state index contributed by atoms with van der Waals surface area (Å²) in [4.78, 5) is 3.97. The van der Waals surface area contributed by atoms with Crippen LogP contribution in [0.1, 0.15) is 24.0 Å². The van der Waals surface area contributed by atoms with Crippen molar-refractivity contribution in [3.8, 4) is 0 Å². The minimum Gasteiger partial charge on any atom is -0.310 e. The molecule has 2 aromatic heterocycles. The Bertz CT molecular complexity index is 694. The van der Waals surface area contributed by atoms with Crippen LogP contribution in [0.3, 0.4) is 0 Å². The number of pyridine rings is 1. The molecule has 0 bridgehead atoms. The van der Waals surface area contributed by atoms with Gasteiger partial charge in [0.25, 0.3) is 0 Å². The van der Waals surface area contributed by atoms with Gasteiger partial charge in [0.1, 0.15) is 4.21 Å². The van der Waals surface area contributed by atoms with Crippen molar-refractivity contribution in [3.63, 3.8) is 0 Å². The maximum absolute atomic E-state index is 12.2. The lowest BCUT2D eigenvalue weighted by Gasteiger charge is -2.04. The predicted octanol–water partition coefficient (Wildman–Crippen LogP) is 1.87. The van der Waals surface area contributed by atoms with Crippen molar-refractivity contribution >= 4 is 21.4 Å². The van der Waals surface area contributed by atoms with E-state index in [-0.39, 0.29) is 6.54 Å². The first kappa shape index (κ1) is 14.6. The van der Waals surface area contributed by atoms with E-state index in [0.717, 1.165) is 17.7 Å². The predicted molar refractivity (Wildman–Crippen MR) is 82.4 cm³/mol. The average Bonchev–Trinajstić information content (AvgIpc) is 3.20. The third-order valence-corrected chi connectivity index (χ3v) is 6.15. The fraction of sp³-hybridized carbons (Fsp3) is 0.357. The summed E-state index contributed by atoms with van der Waals surface area (Å²) in [6, 6.07) is 5.99. The Hall–Kier alpha value is -1.28. The fourth-order valence-corrected chi connectivity index (χ4v) is 4.16. The van der Waals surface area contributed by atoms with Gasteiger partial charge in [-0.05, 0) is 41.5 Å². The maximum Gasteiger partial charge on any atom is 0.250 e. The summed E-state index contributed by atoms with van der Waals surface area (Å²) in [7, 11) is -3.45. The lowest BCUT2D eigenvalue weighted by atomic mass is 10.3. The van der Waals surface area contributed by atoms with E-state index >= 15 is 0 Å². The maximum atomic E-state index is 12.2. The van der Waals surface area contributed by atoms with Gasteiger partial charge in [-0.1, -0.05) is 6.07 Å². The van der Waals surface area contributed by atoms with Gasteiger partial charge in [0.2, 0.25) is 10.0 Å². The Morgan fingerprint density at radius 3 is 2.86 bits per heavy atom. The van der Waals surface area contributed by atoms with Crippen LogP contribution >= 0.6 is 11.3 Å². The molecule has 1 fully saturated rings. The molecule has 5 nitrogen and oxygen atoms in total. The van der Waals surface area contributed by atoms with Crippen molar-refractivity contribution in [1.82, 2.24) is 15.0 Å². The molecule has 7 heteroatoms. The zero-order chi connectivity index (χ0) is 14.7. The molecular formula is C14H17N3O2S2. The van der Waals surface area contributed by atoms with E-state index < -0.39 is 10.0 Å². The second-order valence-corrected chi connectivity index (χ2v) is 8.02. The lowest BCUT2D eigenvalue weighted by Crippen LogP contribution is -2.22. The van der Waals surface area contributed by atoms with Crippen LogP contribution in [0.2, 0.25) is 0 Å². The van der Waals surface area contributed by atoms with Crippen molar-refractivity contribution in [1.29, 1.82) is 0 Å². The molecule has 1 aliphatic rings. The zero-order valence-corrected chi connectivity index (χ0v) is 13.1. The monoisotopic (exact) mass is 323 g/mol. The molecule has 3 rings (SSSR count). The molecule has 0 aromatic carbocycles. The smallest absolute Gasteiger partial charge is 0.250 e. The third-order valence-electron chi connectivity index (χ3n) is 3.26. The number of nitrogens with one attached hydrogen (secondary N) is 2. The Kier molecular flexibility index (Phi) is 4.34. The summed E-state index contributed by atoms with van der Waals surface area (Å²) >= 11 is 1.26. The van der Waals surface area contributed by atoms with Crippen molar-refractivity contribution < 1.29 is 8.42 Å². The van der Waals surface area contributed by atoms with Crippen LogP contribution in [-0.4, -0.2) is 19.4 Å². The van der Waals surface area contributed by atoms with E-state index in [9.17, 15) is 8.42 Å². The Labute approximate surface area is 128 Å². The normalized spacial score (nSPS) is 15.2. The molecule has 112 valence electrons. The highest BCUT2D eigenvalue weighted by molar-refractivity contribution is 7.91. The third kappa shape index (κ3) is 4.10. The standard InChI is InChI=1S/C14H17N3O2S2/c18-21(19,17-9-11-2-1-5-15-7-11)14-6-12(10-20-14)8-16-13-3-4-13/h1-2,5-7,10,13,16-17H,3-4,8-9H2. The molecule has 0 spiro atoms. The van der Waals surface area contributed by atoms with Gasteiger partial charge >= 0.3 is 0 Å². The van der Waals surface area contributed by atoms with Gasteiger partial charge in [-0.25, -0.2) is 13.1 Å². The van der Waals surface area contributed by atoms with E-state index in [0.29, 0.717) is 10.3 Å². The average molecular weight is 323 g/mol. The van der Waals surface area contributed by atoms with Gasteiger partial charge in [-0.2, -0.15) is 0 Å². The number of rotatable bonds is 7. The molecule has 0 amide bonds. The fourth-order valence-electron chi connectivity index (χ4n) is 1.89. The topological polar surface area (TPSA) is 71.1 Å². The summed E-state index contributed by atoms with van der Waals surface area (Å²) < 4.78 is 27.4. The van der Waals surface area contributed by atoms with Crippen LogP contribution in [-0.2, 0) is 23.1 Å². The van der Waals surface area contributed by atoms with Crippen LogP contribution in [0.4, 0.5) is 0 Å². The highest BCUT2D eigenvalue weighted by Gasteiger charge is 2.21. The first-order valence-corrected chi connectivity index (χ1v) is 9.19. The first-order chi connectivity index (χ1) is 10.1. The Balaban J connectivity index is 1.61. The summed E-state index contributed by atoms with van der Waals surface area (Å²) in [5, 5.41) is 5.28. The van der Waals surface area contributed by atoms with Crippen molar-refractivity contribution in [2.24, 2.45) is 0 Å². The second kappa shape index (κ2) is 6.23. The number of hydrogen-bond donors (Lipinski definition) is 2. The van der Waals surface area contributed by atoms with Gasteiger partial charge < -0.3 is 5.32 Å². The molecule has 21 heavy (non-hydrogen) atoms. The zero-order valence-electron chi connectivity index (χ0n) is 11.5. The van der Waals surface area contributed by atoms with Crippen molar-refractivity contribution in [2.75, 3.05) is 0 Å². The van der Waals surface area contributed by atoms with Crippen molar-refractivity contribution in [2.45, 2.75) is 36.2 Å². The molecule has 1 aliphatic carbocycles. The van der Waals surface area contributed by atoms with Crippen LogP contribution < -0.4 is 10.0 Å². The largest absolute Gasteiger partial charge is 0.310 e. The molecule has 2 aromatic rings. The Morgan fingerprint density at radius 1 is 1.29 bits per heavy atom. The molecule has 0 saturated heterocycles. The van der Waals surface area contributed by atoms with Gasteiger partial charge in [0, 0.05) is 31.5 Å². The summed E-state index contributed by atoms with van der Waals surface area (Å²) in [6.45, 7) is 0.989. The van der Waals surface area contributed by atoms with Crippen LogP contribution in [0.25, 0.3) is 0 Å². The first-order valence-electron chi connectivity index (χ1n) is 6.83. The molecule has 0 aliphatic heterocycles. The number of thiophene rings is 1. The molecule has 0 unspecified atom stereocenters. The second-order valence-electron chi connectivity index (χ2n) is 5.11. The van der Waals surface area contributed by atoms with Crippen molar-refractivity contribution in [3.05, 3.63) is 47.1 Å². The highest BCUT2D eigenvalue weighted by Crippen LogP contribution is 2.23. The van der Waals surface area contributed by atoms with Gasteiger partial charge in [0.15, 0.2) is 0 Å². The lowest BCUT2D eigenvalue weighted by molar-refractivity contribution is 0.583. The minimum atomic E-state index is -3.45. The summed E-state index contributed by atoms with van der Waals surface area (Å²) in [5.74, 6) is 0. The van der Waals surface area contributed by atoms with Gasteiger partial charge in [-0.15, -0.1) is 11.3 Å². The SMILES string of the molecule is O=S(=O)(NCc1cccnc1)c1cc(CNC2CC2)cs1.